The molecule has 0 saturated carbocycles. The Morgan fingerprint density at radius 2 is 1.88 bits per heavy atom. The second-order valence-electron chi connectivity index (χ2n) is 0.814. The zero-order chi connectivity index (χ0) is 3.54. The van der Waals surface area contributed by atoms with Gasteiger partial charge in [-0.25, -0.2) is 0 Å². The number of nitrogens with one attached hydrogen (secondary N) is 1. The van der Waals surface area contributed by atoms with E-state index in [9.17, 15) is 0 Å². The van der Waals surface area contributed by atoms with E-state index in [-0.39, 0.29) is 67.4 Å². The van der Waals surface area contributed by atoms with Crippen LogP contribution in [0.4, 0.5) is 0 Å². The van der Waals surface area contributed by atoms with Crippen molar-refractivity contribution >= 4 is 0 Å². The van der Waals surface area contributed by atoms with Gasteiger partial charge in [0.25, 0.3) is 0 Å². The molecule has 4 heteroatoms. The molecule has 0 aliphatic heterocycles. The molecule has 0 unspecified atom stereocenters. The molecule has 0 aliphatic carbocycles. The Hall–Kier alpha value is 1.36. The van der Waals surface area contributed by atoms with Crippen LogP contribution < -0.4 is 48.0 Å². The van der Waals surface area contributed by atoms with Crippen molar-refractivity contribution in [1.29, 1.82) is 0 Å². The Morgan fingerprint density at radius 3 is 2.00 bits per heavy atom. The first-order chi connectivity index (χ1) is 2.50. The molecular weight excluding hydrogens is 419 g/mol. The molecule has 0 aromatic carbocycles. The molecule has 1 aromatic rings. The van der Waals surface area contributed by atoms with Gasteiger partial charge in [-0.2, -0.15) is 18.3 Å². The Balaban J connectivity index is -0.0000000833. The maximum atomic E-state index is 2.74. The summed E-state index contributed by atoms with van der Waals surface area (Å²) in [7, 11) is 0. The molecule has 1 nitrogen and oxygen atoms in total. The van der Waals surface area contributed by atoms with Crippen molar-refractivity contribution in [2.75, 3.05) is 0 Å². The summed E-state index contributed by atoms with van der Waals surface area (Å²) in [6.45, 7) is 0. The monoisotopic (exact) mass is 423 g/mol. The molecule has 1 heterocycles. The first-order valence-electron chi connectivity index (χ1n) is 1.49. The van der Waals surface area contributed by atoms with Gasteiger partial charge in [-0.3, -0.25) is 0 Å². The first kappa shape index (κ1) is 16.2. The van der Waals surface area contributed by atoms with Gasteiger partial charge in [0.2, 0.25) is 0 Å². The number of aromatic amines is 1. The van der Waals surface area contributed by atoms with Gasteiger partial charge >= 0.3 is 19.5 Å². The van der Waals surface area contributed by atoms with E-state index in [1.54, 1.807) is 0 Å². The topological polar surface area (TPSA) is 15.8 Å². The van der Waals surface area contributed by atoms with E-state index in [2.05, 4.69) is 11.2 Å². The van der Waals surface area contributed by atoms with Crippen molar-refractivity contribution in [1.82, 2.24) is 4.98 Å². The SMILES string of the molecule is [I-].[I-].[Rh+3].[c-]1ccc[nH]1. The standard InChI is InChI=1S/C4H4N.2HI.Rh/c1-2-4-5-3-1;;;/h1-3,5H;2*1H;/q-1;;;+3/p-2. The number of hydrogen-bond donors (Lipinski definition) is 1. The van der Waals surface area contributed by atoms with E-state index in [4.69, 9.17) is 0 Å². The van der Waals surface area contributed by atoms with Crippen LogP contribution in [0.1, 0.15) is 0 Å². The summed E-state index contributed by atoms with van der Waals surface area (Å²) < 4.78 is 0. The van der Waals surface area contributed by atoms with Crippen LogP contribution in [0, 0.1) is 6.20 Å². The Labute approximate surface area is 95.8 Å². The molecule has 0 bridgehead atoms. The minimum Gasteiger partial charge on any atom is -1.00 e. The first-order valence-corrected chi connectivity index (χ1v) is 1.49. The molecule has 1 rings (SSSR count). The predicted octanol–water partition coefficient (Wildman–Crippen LogP) is -5.18. The van der Waals surface area contributed by atoms with Gasteiger partial charge in [-0.05, 0) is 0 Å². The molecule has 0 amide bonds. The average molecular weight is 423 g/mol. The molecular formula is C4H4I2NRh. The third-order valence-electron chi connectivity index (χ3n) is 0.442. The second kappa shape index (κ2) is 11.2. The fraction of sp³-hybridized carbons (Fsp3) is 0. The summed E-state index contributed by atoms with van der Waals surface area (Å²) in [5.41, 5.74) is 0. The average Bonchev–Trinajstić information content (AvgIpc) is 1.76. The van der Waals surface area contributed by atoms with Crippen LogP contribution in [-0.4, -0.2) is 4.98 Å². The van der Waals surface area contributed by atoms with Crippen LogP contribution in [0.15, 0.2) is 18.3 Å². The van der Waals surface area contributed by atoms with Crippen molar-refractivity contribution in [3.63, 3.8) is 0 Å². The summed E-state index contributed by atoms with van der Waals surface area (Å²) in [6.07, 6.45) is 4.56. The third-order valence-corrected chi connectivity index (χ3v) is 0.442. The van der Waals surface area contributed by atoms with Crippen molar-refractivity contribution in [2.24, 2.45) is 0 Å². The van der Waals surface area contributed by atoms with Crippen molar-refractivity contribution in [3.05, 3.63) is 24.5 Å². The fourth-order valence-corrected chi connectivity index (χ4v) is 0.241. The van der Waals surface area contributed by atoms with Gasteiger partial charge in [0, 0.05) is 0 Å². The molecule has 0 radical (unpaired) electrons. The zero-order valence-corrected chi connectivity index (χ0v) is 9.78. The number of rotatable bonds is 0. The predicted molar refractivity (Wildman–Crippen MR) is 19.6 cm³/mol. The Bertz CT molecular complexity index is 70.5. The van der Waals surface area contributed by atoms with Crippen LogP contribution in [0.25, 0.3) is 0 Å². The summed E-state index contributed by atoms with van der Waals surface area (Å²) in [6, 6.07) is 3.71. The molecule has 1 aromatic heterocycles. The fourth-order valence-electron chi connectivity index (χ4n) is 0.241. The molecule has 0 spiro atoms. The van der Waals surface area contributed by atoms with Gasteiger partial charge in [0.15, 0.2) is 0 Å². The largest absolute Gasteiger partial charge is 3.00 e. The van der Waals surface area contributed by atoms with Crippen LogP contribution in [0.5, 0.6) is 0 Å². The van der Waals surface area contributed by atoms with E-state index in [1.807, 2.05) is 18.3 Å². The van der Waals surface area contributed by atoms with Gasteiger partial charge < -0.3 is 52.9 Å². The maximum Gasteiger partial charge on any atom is 3.00 e. The summed E-state index contributed by atoms with van der Waals surface area (Å²) >= 11 is 0. The molecule has 1 N–H and O–H groups in total. The van der Waals surface area contributed by atoms with Crippen LogP contribution in [0.2, 0.25) is 0 Å². The van der Waals surface area contributed by atoms with Crippen LogP contribution in [-0.2, 0) is 19.5 Å². The molecule has 0 aliphatic rings. The van der Waals surface area contributed by atoms with Crippen molar-refractivity contribution in [2.45, 2.75) is 0 Å². The zero-order valence-electron chi connectivity index (χ0n) is 3.82. The van der Waals surface area contributed by atoms with E-state index >= 15 is 0 Å². The quantitative estimate of drug-likeness (QED) is 0.244. The van der Waals surface area contributed by atoms with E-state index in [0.29, 0.717) is 0 Å². The van der Waals surface area contributed by atoms with Crippen LogP contribution >= 0.6 is 0 Å². The minimum atomic E-state index is 0. The molecule has 0 saturated heterocycles. The number of H-pyrrole nitrogens is 1. The summed E-state index contributed by atoms with van der Waals surface area (Å²) in [5, 5.41) is 0. The van der Waals surface area contributed by atoms with Gasteiger partial charge in [-0.1, -0.05) is 0 Å². The molecule has 8 heavy (non-hydrogen) atoms. The third kappa shape index (κ3) is 7.36. The Kier molecular flexibility index (Phi) is 22.6. The van der Waals surface area contributed by atoms with E-state index in [0.717, 1.165) is 0 Å². The van der Waals surface area contributed by atoms with Gasteiger partial charge in [0.1, 0.15) is 0 Å². The Morgan fingerprint density at radius 1 is 1.25 bits per heavy atom. The van der Waals surface area contributed by atoms with Crippen molar-refractivity contribution in [3.8, 4) is 0 Å². The molecule has 0 fully saturated rings. The van der Waals surface area contributed by atoms with Gasteiger partial charge in [0.05, 0.1) is 0 Å². The van der Waals surface area contributed by atoms with Crippen molar-refractivity contribution < 1.29 is 67.4 Å². The second-order valence-corrected chi connectivity index (χ2v) is 0.814. The van der Waals surface area contributed by atoms with E-state index in [1.165, 1.54) is 0 Å². The number of halogens is 2. The van der Waals surface area contributed by atoms with Gasteiger partial charge in [-0.15, -0.1) is 6.20 Å². The van der Waals surface area contributed by atoms with E-state index < -0.39 is 0 Å². The number of hydrogen-bond acceptors (Lipinski definition) is 0. The number of aromatic nitrogens is 1. The molecule has 0 atom stereocenters. The minimum absolute atomic E-state index is 0. The maximum absolute atomic E-state index is 2.74. The summed E-state index contributed by atoms with van der Waals surface area (Å²) in [4.78, 5) is 2.74. The molecule has 48 valence electrons. The summed E-state index contributed by atoms with van der Waals surface area (Å²) in [5.74, 6) is 0. The normalized spacial score (nSPS) is 5.00. The van der Waals surface area contributed by atoms with Crippen LogP contribution in [0.3, 0.4) is 0 Å². The smallest absolute Gasteiger partial charge is 1.00 e.